The Balaban J connectivity index is 2.87. The average Bonchev–Trinajstić information content (AvgIpc) is 1.81. The lowest BCUT2D eigenvalue weighted by atomic mass is 10.2. The zero-order chi connectivity index (χ0) is 8.65. The van der Waals surface area contributed by atoms with Gasteiger partial charge in [0, 0.05) is 0 Å². The number of carbonyl (C=O) groups excluding carboxylic acids is 1. The summed E-state index contributed by atoms with van der Waals surface area (Å²) in [5.74, 6) is -0.234. The van der Waals surface area contributed by atoms with Gasteiger partial charge in [-0.05, 0) is 0 Å². The van der Waals surface area contributed by atoms with Crippen LogP contribution in [0.4, 0.5) is 0 Å². The number of alkyl halides is 2. The minimum absolute atomic E-state index is 0.0755. The van der Waals surface area contributed by atoms with Crippen molar-refractivity contribution < 1.29 is 13.2 Å². The first-order valence-electron chi connectivity index (χ1n) is 2.95. The van der Waals surface area contributed by atoms with Gasteiger partial charge < -0.3 is 0 Å². The highest BCUT2D eigenvalue weighted by atomic mass is 79.9. The highest BCUT2D eigenvalue weighted by Gasteiger charge is 2.36. The molecule has 1 rings (SSSR count). The fraction of sp³-hybridized carbons (Fsp3) is 0.800. The van der Waals surface area contributed by atoms with Gasteiger partial charge in [0.15, 0.2) is 15.6 Å². The van der Waals surface area contributed by atoms with E-state index in [-0.39, 0.29) is 17.3 Å². The lowest BCUT2D eigenvalue weighted by Crippen LogP contribution is -2.41. The van der Waals surface area contributed by atoms with Crippen molar-refractivity contribution in [3.8, 4) is 0 Å². The Hall–Kier alpha value is 0.580. The third-order valence-corrected chi connectivity index (χ3v) is 5.51. The number of hydrogen-bond acceptors (Lipinski definition) is 3. The molecule has 0 aromatic heterocycles. The van der Waals surface area contributed by atoms with Gasteiger partial charge in [-0.15, -0.1) is 0 Å². The van der Waals surface area contributed by atoms with Crippen molar-refractivity contribution in [3.63, 3.8) is 0 Å². The lowest BCUT2D eigenvalue weighted by molar-refractivity contribution is -0.117. The van der Waals surface area contributed by atoms with Crippen molar-refractivity contribution in [2.24, 2.45) is 0 Å². The number of sulfone groups is 1. The van der Waals surface area contributed by atoms with Crippen LogP contribution in [0.15, 0.2) is 0 Å². The van der Waals surface area contributed by atoms with Gasteiger partial charge in [-0.2, -0.15) is 0 Å². The van der Waals surface area contributed by atoms with Crippen LogP contribution < -0.4 is 0 Å². The summed E-state index contributed by atoms with van der Waals surface area (Å²) in [6.45, 7) is 0. The molecule has 0 saturated carbocycles. The van der Waals surface area contributed by atoms with Crippen molar-refractivity contribution in [1.82, 2.24) is 0 Å². The average molecular weight is 306 g/mol. The van der Waals surface area contributed by atoms with Crippen molar-refractivity contribution in [2.45, 2.75) is 9.65 Å². The zero-order valence-corrected chi connectivity index (χ0v) is 9.45. The molecule has 0 aromatic carbocycles. The van der Waals surface area contributed by atoms with E-state index in [4.69, 9.17) is 0 Å². The smallest absolute Gasteiger partial charge is 0.162 e. The predicted octanol–water partition coefficient (Wildman–Crippen LogP) is 0.511. The summed E-state index contributed by atoms with van der Waals surface area (Å²) in [4.78, 5) is 9.98. The lowest BCUT2D eigenvalue weighted by Gasteiger charge is -2.19. The summed E-state index contributed by atoms with van der Waals surface area (Å²) in [6, 6.07) is 0. The van der Waals surface area contributed by atoms with Crippen molar-refractivity contribution in [2.75, 3.05) is 11.5 Å². The highest BCUT2D eigenvalue weighted by Crippen LogP contribution is 2.20. The molecule has 0 aromatic rings. The van der Waals surface area contributed by atoms with Gasteiger partial charge in [-0.3, -0.25) is 4.79 Å². The number of carbonyl (C=O) groups is 1. The van der Waals surface area contributed by atoms with Gasteiger partial charge >= 0.3 is 0 Å². The van der Waals surface area contributed by atoms with Gasteiger partial charge in [-0.25, -0.2) is 8.42 Å². The number of ketones is 1. The molecule has 11 heavy (non-hydrogen) atoms. The largest absolute Gasteiger partial charge is 0.297 e. The van der Waals surface area contributed by atoms with Crippen LogP contribution in [0.5, 0.6) is 0 Å². The molecule has 1 aliphatic heterocycles. The van der Waals surface area contributed by atoms with Gasteiger partial charge in [0.1, 0.15) is 0 Å². The van der Waals surface area contributed by atoms with Crippen LogP contribution in [-0.4, -0.2) is 35.4 Å². The van der Waals surface area contributed by atoms with E-state index >= 15 is 0 Å². The Morgan fingerprint density at radius 1 is 1.18 bits per heavy atom. The summed E-state index contributed by atoms with van der Waals surface area (Å²) >= 11 is 6.02. The molecular formula is C5H6Br2O3S. The first kappa shape index (κ1) is 9.67. The molecule has 1 aliphatic rings. The van der Waals surface area contributed by atoms with Crippen molar-refractivity contribution >= 4 is 47.5 Å². The second kappa shape index (κ2) is 3.14. The molecule has 6 heteroatoms. The van der Waals surface area contributed by atoms with Gasteiger partial charge in [0.05, 0.1) is 21.2 Å². The van der Waals surface area contributed by atoms with Crippen LogP contribution in [0.25, 0.3) is 0 Å². The third-order valence-electron chi connectivity index (χ3n) is 1.42. The molecule has 0 bridgehead atoms. The standard InChI is InChI=1S/C5H6Br2O3S/c6-3-1-11(9,10)2-4(7)5(3)8/h3-4H,1-2H2/t3-,4+. The molecule has 3 nitrogen and oxygen atoms in total. The maximum absolute atomic E-state index is 11.1. The SMILES string of the molecule is O=C1[C@H](Br)CS(=O)(=O)C[C@@H]1Br. The maximum atomic E-state index is 11.1. The molecular weight excluding hydrogens is 300 g/mol. The predicted molar refractivity (Wildman–Crippen MR) is 49.1 cm³/mol. The molecule has 2 atom stereocenters. The van der Waals surface area contributed by atoms with Crippen LogP contribution in [0.2, 0.25) is 0 Å². The Labute approximate surface area is 81.7 Å². The fourth-order valence-corrected chi connectivity index (χ4v) is 5.64. The quantitative estimate of drug-likeness (QED) is 0.613. The molecule has 1 fully saturated rings. The van der Waals surface area contributed by atoms with E-state index in [0.29, 0.717) is 0 Å². The Bertz CT molecular complexity index is 251. The molecule has 1 heterocycles. The minimum atomic E-state index is -3.03. The first-order chi connectivity index (χ1) is 4.92. The summed E-state index contributed by atoms with van der Waals surface area (Å²) < 4.78 is 22.0. The molecule has 0 unspecified atom stereocenters. The van der Waals surface area contributed by atoms with E-state index in [1.807, 2.05) is 0 Å². The van der Waals surface area contributed by atoms with Crippen molar-refractivity contribution in [3.05, 3.63) is 0 Å². The van der Waals surface area contributed by atoms with Crippen LogP contribution in [-0.2, 0) is 14.6 Å². The second-order valence-corrected chi connectivity index (χ2v) is 6.78. The summed E-state index contributed by atoms with van der Waals surface area (Å²) in [5, 5.41) is 0. The van der Waals surface area contributed by atoms with E-state index in [1.165, 1.54) is 0 Å². The Kier molecular flexibility index (Phi) is 2.76. The molecule has 0 radical (unpaired) electrons. The molecule has 0 spiro atoms. The van der Waals surface area contributed by atoms with E-state index in [0.717, 1.165) is 0 Å². The highest BCUT2D eigenvalue weighted by molar-refractivity contribution is 9.10. The van der Waals surface area contributed by atoms with E-state index in [9.17, 15) is 13.2 Å². The number of halogens is 2. The Morgan fingerprint density at radius 3 is 1.91 bits per heavy atom. The van der Waals surface area contributed by atoms with Gasteiger partial charge in [0.2, 0.25) is 0 Å². The fourth-order valence-electron chi connectivity index (χ4n) is 0.874. The Morgan fingerprint density at radius 2 is 1.55 bits per heavy atom. The maximum Gasteiger partial charge on any atom is 0.162 e. The zero-order valence-electron chi connectivity index (χ0n) is 5.46. The third kappa shape index (κ3) is 2.26. The van der Waals surface area contributed by atoms with Crippen LogP contribution >= 0.6 is 31.9 Å². The molecule has 0 aliphatic carbocycles. The monoisotopic (exact) mass is 304 g/mol. The normalized spacial score (nSPS) is 37.1. The van der Waals surface area contributed by atoms with E-state index in [2.05, 4.69) is 31.9 Å². The summed E-state index contributed by atoms with van der Waals surface area (Å²) in [7, 11) is -3.03. The van der Waals surface area contributed by atoms with Crippen LogP contribution in [0.3, 0.4) is 0 Å². The molecule has 0 N–H and O–H groups in total. The number of Topliss-reactive ketones (excluding diaryl/α,β-unsaturated/α-hetero) is 1. The topological polar surface area (TPSA) is 51.2 Å². The molecule has 64 valence electrons. The van der Waals surface area contributed by atoms with E-state index in [1.54, 1.807) is 0 Å². The molecule has 1 saturated heterocycles. The molecule has 0 amide bonds. The minimum Gasteiger partial charge on any atom is -0.297 e. The summed E-state index contributed by atoms with van der Waals surface area (Å²) in [5.41, 5.74) is 0. The number of hydrogen-bond donors (Lipinski definition) is 0. The summed E-state index contributed by atoms with van der Waals surface area (Å²) in [6.07, 6.45) is 0. The first-order valence-corrected chi connectivity index (χ1v) is 6.60. The second-order valence-electron chi connectivity index (χ2n) is 2.41. The van der Waals surface area contributed by atoms with Crippen LogP contribution in [0.1, 0.15) is 0 Å². The van der Waals surface area contributed by atoms with Crippen molar-refractivity contribution in [1.29, 1.82) is 0 Å². The van der Waals surface area contributed by atoms with Crippen LogP contribution in [0, 0.1) is 0 Å². The van der Waals surface area contributed by atoms with Gasteiger partial charge in [-0.1, -0.05) is 31.9 Å². The number of rotatable bonds is 0. The van der Waals surface area contributed by atoms with E-state index < -0.39 is 19.5 Å². The van der Waals surface area contributed by atoms with Gasteiger partial charge in [0.25, 0.3) is 0 Å².